The Morgan fingerprint density at radius 3 is 2.50 bits per heavy atom. The van der Waals surface area contributed by atoms with E-state index in [0.29, 0.717) is 0 Å². The molecule has 1 amide bonds. The summed E-state index contributed by atoms with van der Waals surface area (Å²) in [4.78, 5) is 13.3. The molecule has 5 heteroatoms. The summed E-state index contributed by atoms with van der Waals surface area (Å²) in [6.07, 6.45) is 1.64. The number of likely N-dealkylation sites (tertiary alicyclic amines) is 1. The second-order valence-electron chi connectivity index (χ2n) is 4.03. The molecule has 1 atom stereocenters. The van der Waals surface area contributed by atoms with E-state index in [1.807, 2.05) is 0 Å². The zero-order chi connectivity index (χ0) is 10.2. The molecule has 0 unspecified atom stereocenters. The fraction of sp³-hybridized carbons (Fsp3) is 0.889. The highest BCUT2D eigenvalue weighted by Crippen LogP contribution is 2.26. The van der Waals surface area contributed by atoms with E-state index in [0.717, 1.165) is 25.9 Å². The van der Waals surface area contributed by atoms with Gasteiger partial charge in [0.1, 0.15) is 0 Å². The van der Waals surface area contributed by atoms with Crippen LogP contribution in [0.4, 0.5) is 8.78 Å². The van der Waals surface area contributed by atoms with Crippen molar-refractivity contribution in [3.8, 4) is 0 Å². The van der Waals surface area contributed by atoms with Gasteiger partial charge >= 0.3 is 0 Å². The minimum atomic E-state index is -2.71. The lowest BCUT2D eigenvalue weighted by molar-refractivity contribution is -0.132. The molecule has 0 aromatic heterocycles. The van der Waals surface area contributed by atoms with Gasteiger partial charge in [0.25, 0.3) is 5.92 Å². The highest BCUT2D eigenvalue weighted by Gasteiger charge is 2.43. The smallest absolute Gasteiger partial charge is 0.262 e. The molecule has 14 heavy (non-hydrogen) atoms. The van der Waals surface area contributed by atoms with Gasteiger partial charge in [-0.1, -0.05) is 0 Å². The second kappa shape index (κ2) is 3.46. The Hall–Kier alpha value is -0.710. The summed E-state index contributed by atoms with van der Waals surface area (Å²) in [5, 5.41) is 2.58. The van der Waals surface area contributed by atoms with E-state index in [-0.39, 0.29) is 18.9 Å². The van der Waals surface area contributed by atoms with Gasteiger partial charge in [0.15, 0.2) is 0 Å². The molecule has 0 radical (unpaired) electrons. The molecule has 0 spiro atoms. The van der Waals surface area contributed by atoms with Gasteiger partial charge in [0.2, 0.25) is 5.91 Å². The summed E-state index contributed by atoms with van der Waals surface area (Å²) in [7, 11) is 0. The number of carbonyl (C=O) groups excluding carboxylic acids is 1. The first-order valence-corrected chi connectivity index (χ1v) is 4.98. The van der Waals surface area contributed by atoms with Crippen molar-refractivity contribution in [2.75, 3.05) is 19.6 Å². The van der Waals surface area contributed by atoms with Crippen molar-refractivity contribution in [3.63, 3.8) is 0 Å². The number of halogens is 2. The van der Waals surface area contributed by atoms with Crippen LogP contribution in [0.5, 0.6) is 0 Å². The number of hydrogen-bond donors (Lipinski definition) is 1. The van der Waals surface area contributed by atoms with Crippen LogP contribution in [0, 0.1) is 0 Å². The maximum Gasteiger partial charge on any atom is 0.262 e. The second-order valence-corrected chi connectivity index (χ2v) is 4.03. The molecule has 80 valence electrons. The van der Waals surface area contributed by atoms with Crippen LogP contribution in [0.3, 0.4) is 0 Å². The molecule has 2 heterocycles. The molecule has 1 N–H and O–H groups in total. The van der Waals surface area contributed by atoms with E-state index in [2.05, 4.69) is 5.32 Å². The van der Waals surface area contributed by atoms with Gasteiger partial charge in [-0.3, -0.25) is 10.1 Å². The molecule has 2 aliphatic rings. The van der Waals surface area contributed by atoms with Crippen molar-refractivity contribution in [1.82, 2.24) is 10.2 Å². The molecule has 2 saturated heterocycles. The van der Waals surface area contributed by atoms with Gasteiger partial charge in [-0.2, -0.15) is 0 Å². The minimum Gasteiger partial charge on any atom is -0.341 e. The Balaban J connectivity index is 1.92. The SMILES string of the molecule is O=C([C@H]1CC(F)(F)CN1)N1CCCC1. The molecule has 2 rings (SSSR count). The standard InChI is InChI=1S/C9H14F2N2O/c10-9(11)5-7(12-6-9)8(14)13-3-1-2-4-13/h7,12H,1-6H2/t7-/m1/s1. The fourth-order valence-electron chi connectivity index (χ4n) is 2.05. The number of amides is 1. The van der Waals surface area contributed by atoms with Crippen LogP contribution in [0.2, 0.25) is 0 Å². The van der Waals surface area contributed by atoms with Crippen LogP contribution in [0.25, 0.3) is 0 Å². The molecule has 3 nitrogen and oxygen atoms in total. The van der Waals surface area contributed by atoms with Crippen molar-refractivity contribution in [3.05, 3.63) is 0 Å². The molecule has 0 saturated carbocycles. The molecule has 2 fully saturated rings. The van der Waals surface area contributed by atoms with Gasteiger partial charge in [-0.15, -0.1) is 0 Å². The van der Waals surface area contributed by atoms with Crippen LogP contribution < -0.4 is 5.32 Å². The number of hydrogen-bond acceptors (Lipinski definition) is 2. The van der Waals surface area contributed by atoms with Gasteiger partial charge in [-0.05, 0) is 12.8 Å². The number of rotatable bonds is 1. The van der Waals surface area contributed by atoms with Gasteiger partial charge in [-0.25, -0.2) is 8.78 Å². The third-order valence-electron chi connectivity index (χ3n) is 2.83. The first-order chi connectivity index (χ1) is 6.58. The fourth-order valence-corrected chi connectivity index (χ4v) is 2.05. The number of alkyl halides is 2. The highest BCUT2D eigenvalue weighted by molar-refractivity contribution is 5.82. The molecule has 0 aromatic rings. The van der Waals surface area contributed by atoms with Gasteiger partial charge in [0, 0.05) is 19.5 Å². The quantitative estimate of drug-likeness (QED) is 0.678. The number of carbonyl (C=O) groups is 1. The molecular weight excluding hydrogens is 190 g/mol. The summed E-state index contributed by atoms with van der Waals surface area (Å²) in [6, 6.07) is -0.664. The zero-order valence-corrected chi connectivity index (χ0v) is 7.93. The zero-order valence-electron chi connectivity index (χ0n) is 7.93. The third kappa shape index (κ3) is 1.87. The Bertz CT molecular complexity index is 239. The lowest BCUT2D eigenvalue weighted by Crippen LogP contribution is -2.42. The molecular formula is C9H14F2N2O. The summed E-state index contributed by atoms with van der Waals surface area (Å²) >= 11 is 0. The Morgan fingerprint density at radius 1 is 1.36 bits per heavy atom. The van der Waals surface area contributed by atoms with E-state index in [1.54, 1.807) is 4.90 Å². The number of nitrogens with one attached hydrogen (secondary N) is 1. The first-order valence-electron chi connectivity index (χ1n) is 4.98. The predicted octanol–water partition coefficient (Wildman–Crippen LogP) is 0.606. The van der Waals surface area contributed by atoms with E-state index < -0.39 is 12.0 Å². The average Bonchev–Trinajstić information content (AvgIpc) is 2.72. The van der Waals surface area contributed by atoms with Crippen molar-refractivity contribution in [2.45, 2.75) is 31.2 Å². The van der Waals surface area contributed by atoms with Crippen LogP contribution in [-0.2, 0) is 4.79 Å². The Morgan fingerprint density at radius 2 is 2.00 bits per heavy atom. The van der Waals surface area contributed by atoms with Crippen LogP contribution in [0.15, 0.2) is 0 Å². The summed E-state index contributed by atoms with van der Waals surface area (Å²) < 4.78 is 25.6. The maximum atomic E-state index is 12.8. The van der Waals surface area contributed by atoms with Gasteiger partial charge in [0.05, 0.1) is 12.6 Å². The largest absolute Gasteiger partial charge is 0.341 e. The van der Waals surface area contributed by atoms with Crippen LogP contribution in [-0.4, -0.2) is 42.4 Å². The van der Waals surface area contributed by atoms with Crippen molar-refractivity contribution >= 4 is 5.91 Å². The predicted molar refractivity (Wildman–Crippen MR) is 47.2 cm³/mol. The molecule has 0 bridgehead atoms. The van der Waals surface area contributed by atoms with E-state index in [9.17, 15) is 13.6 Å². The molecule has 0 aliphatic carbocycles. The van der Waals surface area contributed by atoms with E-state index in [4.69, 9.17) is 0 Å². The van der Waals surface area contributed by atoms with E-state index >= 15 is 0 Å². The Kier molecular flexibility index (Phi) is 2.43. The average molecular weight is 204 g/mol. The summed E-state index contributed by atoms with van der Waals surface area (Å²) in [6.45, 7) is 1.09. The number of nitrogens with zero attached hydrogens (tertiary/aromatic N) is 1. The lowest BCUT2D eigenvalue weighted by Gasteiger charge is -2.19. The molecule has 0 aromatic carbocycles. The minimum absolute atomic E-state index is 0.153. The van der Waals surface area contributed by atoms with Crippen molar-refractivity contribution < 1.29 is 13.6 Å². The van der Waals surface area contributed by atoms with Crippen LogP contribution >= 0.6 is 0 Å². The van der Waals surface area contributed by atoms with Crippen LogP contribution in [0.1, 0.15) is 19.3 Å². The monoisotopic (exact) mass is 204 g/mol. The topological polar surface area (TPSA) is 32.3 Å². The van der Waals surface area contributed by atoms with Crippen molar-refractivity contribution in [2.24, 2.45) is 0 Å². The van der Waals surface area contributed by atoms with E-state index in [1.165, 1.54) is 0 Å². The maximum absolute atomic E-state index is 12.8. The lowest BCUT2D eigenvalue weighted by atomic mass is 10.2. The first kappa shape index (κ1) is 9.83. The summed E-state index contributed by atoms with van der Waals surface area (Å²) in [5.41, 5.74) is 0. The highest BCUT2D eigenvalue weighted by atomic mass is 19.3. The Labute approximate surface area is 81.4 Å². The normalized spacial score (nSPS) is 31.0. The van der Waals surface area contributed by atoms with Crippen molar-refractivity contribution in [1.29, 1.82) is 0 Å². The summed E-state index contributed by atoms with van der Waals surface area (Å²) in [5.74, 6) is -2.86. The third-order valence-corrected chi connectivity index (χ3v) is 2.83. The van der Waals surface area contributed by atoms with Gasteiger partial charge < -0.3 is 4.90 Å². The molecule has 2 aliphatic heterocycles.